The van der Waals surface area contributed by atoms with Crippen molar-refractivity contribution in [3.8, 4) is 0 Å². The van der Waals surface area contributed by atoms with Crippen molar-refractivity contribution < 1.29 is 14.3 Å². The molecule has 98 valence electrons. The Morgan fingerprint density at radius 1 is 1.28 bits per heavy atom. The number of alkyl carbamates (subject to hydrolysis) is 1. The topological polar surface area (TPSA) is 94.3 Å². The van der Waals surface area contributed by atoms with E-state index in [1.54, 1.807) is 12.4 Å². The van der Waals surface area contributed by atoms with Gasteiger partial charge in [0, 0.05) is 18.9 Å². The first kappa shape index (κ1) is 14.0. The summed E-state index contributed by atoms with van der Waals surface area (Å²) in [5.41, 5.74) is 6.06. The predicted molar refractivity (Wildman–Crippen MR) is 65.7 cm³/mol. The number of aromatic nitrogens is 1. The van der Waals surface area contributed by atoms with E-state index in [1.807, 2.05) is 12.1 Å². The Bertz CT molecular complexity index is 381. The van der Waals surface area contributed by atoms with Crippen LogP contribution >= 0.6 is 0 Å². The van der Waals surface area contributed by atoms with Crippen LogP contribution in [0.4, 0.5) is 4.79 Å². The number of carbonyl (C=O) groups is 2. The van der Waals surface area contributed by atoms with Gasteiger partial charge in [0.15, 0.2) is 6.61 Å². The zero-order valence-corrected chi connectivity index (χ0v) is 10.1. The Morgan fingerprint density at radius 3 is 2.67 bits per heavy atom. The Balaban J connectivity index is 2.02. The Kier molecular flexibility index (Phi) is 6.24. The quantitative estimate of drug-likeness (QED) is 0.694. The molecule has 3 N–H and O–H groups in total. The van der Waals surface area contributed by atoms with Crippen LogP contribution in [0.2, 0.25) is 0 Å². The summed E-state index contributed by atoms with van der Waals surface area (Å²) in [6.45, 7) is 0.130. The molecule has 0 aliphatic rings. The van der Waals surface area contributed by atoms with Crippen LogP contribution in [-0.2, 0) is 16.0 Å². The molecule has 0 aromatic carbocycles. The fourth-order valence-corrected chi connectivity index (χ4v) is 1.38. The smallest absolute Gasteiger partial charge is 0.407 e. The van der Waals surface area contributed by atoms with E-state index in [0.29, 0.717) is 6.54 Å². The summed E-state index contributed by atoms with van der Waals surface area (Å²) in [6, 6.07) is 3.93. The third-order valence-electron chi connectivity index (χ3n) is 2.26. The maximum absolute atomic E-state index is 11.0. The van der Waals surface area contributed by atoms with Crippen LogP contribution < -0.4 is 11.1 Å². The average Bonchev–Trinajstić information content (AvgIpc) is 2.37. The number of nitrogens with two attached hydrogens (primary N) is 1. The molecule has 1 aromatic rings. The van der Waals surface area contributed by atoms with E-state index in [9.17, 15) is 9.59 Å². The summed E-state index contributed by atoms with van der Waals surface area (Å²) < 4.78 is 4.54. The number of pyridine rings is 1. The molecule has 0 saturated heterocycles. The number of ether oxygens (including phenoxy) is 1. The fraction of sp³-hybridized carbons (Fsp3) is 0.417. The lowest BCUT2D eigenvalue weighted by Crippen LogP contribution is -2.29. The van der Waals surface area contributed by atoms with Crippen LogP contribution in [0, 0.1) is 0 Å². The van der Waals surface area contributed by atoms with Crippen LogP contribution in [0.3, 0.4) is 0 Å². The van der Waals surface area contributed by atoms with Gasteiger partial charge in [0.2, 0.25) is 0 Å². The molecule has 6 nitrogen and oxygen atoms in total. The van der Waals surface area contributed by atoms with E-state index in [1.165, 1.54) is 5.56 Å². The monoisotopic (exact) mass is 251 g/mol. The summed E-state index contributed by atoms with van der Waals surface area (Å²) in [7, 11) is 0. The van der Waals surface area contributed by atoms with Crippen molar-refractivity contribution in [1.29, 1.82) is 0 Å². The van der Waals surface area contributed by atoms with Gasteiger partial charge >= 0.3 is 6.09 Å². The number of hydrogen-bond donors (Lipinski definition) is 2. The highest BCUT2D eigenvalue weighted by Crippen LogP contribution is 2.02. The Hall–Kier alpha value is -2.11. The number of unbranched alkanes of at least 4 members (excludes halogenated alkanes) is 1. The summed E-state index contributed by atoms with van der Waals surface area (Å²) in [5, 5.41) is 2.54. The van der Waals surface area contributed by atoms with Crippen LogP contribution in [0.5, 0.6) is 0 Å². The van der Waals surface area contributed by atoms with Crippen LogP contribution in [0.25, 0.3) is 0 Å². The summed E-state index contributed by atoms with van der Waals surface area (Å²) in [6.07, 6.45) is 5.65. The second-order valence-corrected chi connectivity index (χ2v) is 3.78. The van der Waals surface area contributed by atoms with Gasteiger partial charge < -0.3 is 15.8 Å². The van der Waals surface area contributed by atoms with Gasteiger partial charge in [-0.3, -0.25) is 9.78 Å². The molecule has 0 radical (unpaired) electrons. The average molecular weight is 251 g/mol. The van der Waals surface area contributed by atoms with Crippen molar-refractivity contribution in [3.05, 3.63) is 30.1 Å². The third kappa shape index (κ3) is 6.47. The van der Waals surface area contributed by atoms with Gasteiger partial charge in [-0.05, 0) is 37.0 Å². The predicted octanol–water partition coefficient (Wildman–Crippen LogP) is 0.616. The number of carbonyl (C=O) groups excluding carboxylic acids is 2. The normalized spacial score (nSPS) is 9.78. The van der Waals surface area contributed by atoms with Gasteiger partial charge in [-0.25, -0.2) is 4.79 Å². The van der Waals surface area contributed by atoms with Crippen molar-refractivity contribution in [1.82, 2.24) is 10.3 Å². The van der Waals surface area contributed by atoms with Crippen LogP contribution in [-0.4, -0.2) is 30.1 Å². The van der Waals surface area contributed by atoms with Gasteiger partial charge in [-0.15, -0.1) is 0 Å². The van der Waals surface area contributed by atoms with Crippen LogP contribution in [0.1, 0.15) is 18.4 Å². The minimum absolute atomic E-state index is 0.386. The number of nitrogens with zero attached hydrogens (tertiary/aromatic N) is 1. The molecule has 2 amide bonds. The lowest BCUT2D eigenvalue weighted by atomic mass is 10.1. The first-order valence-electron chi connectivity index (χ1n) is 5.76. The highest BCUT2D eigenvalue weighted by Gasteiger charge is 2.02. The molecular weight excluding hydrogens is 234 g/mol. The third-order valence-corrected chi connectivity index (χ3v) is 2.26. The summed E-state index contributed by atoms with van der Waals surface area (Å²) in [5.74, 6) is -0.664. The molecule has 0 saturated carbocycles. The maximum atomic E-state index is 11.0. The van der Waals surface area contributed by atoms with Crippen molar-refractivity contribution in [2.45, 2.75) is 19.3 Å². The molecule has 0 atom stereocenters. The molecule has 0 aliphatic carbocycles. The molecular formula is C12H17N3O3. The molecule has 1 rings (SSSR count). The van der Waals surface area contributed by atoms with Gasteiger partial charge in [-0.2, -0.15) is 0 Å². The molecule has 0 unspecified atom stereocenters. The number of rotatable bonds is 7. The van der Waals surface area contributed by atoms with E-state index >= 15 is 0 Å². The lowest BCUT2D eigenvalue weighted by Gasteiger charge is -2.05. The molecule has 0 fully saturated rings. The van der Waals surface area contributed by atoms with E-state index in [-0.39, 0.29) is 6.61 Å². The zero-order chi connectivity index (χ0) is 13.2. The zero-order valence-electron chi connectivity index (χ0n) is 10.1. The Labute approximate surface area is 106 Å². The standard InChI is InChI=1S/C12H17N3O3/c13-11(16)9-18-12(17)15-6-2-1-3-10-4-7-14-8-5-10/h4-5,7-8H,1-3,6,9H2,(H2,13,16)(H,15,17). The number of nitrogens with one attached hydrogen (secondary N) is 1. The van der Waals surface area contributed by atoms with E-state index in [4.69, 9.17) is 5.73 Å². The first-order chi connectivity index (χ1) is 8.68. The number of amides is 2. The van der Waals surface area contributed by atoms with Crippen molar-refractivity contribution >= 4 is 12.0 Å². The van der Waals surface area contributed by atoms with Gasteiger partial charge in [0.25, 0.3) is 5.91 Å². The summed E-state index contributed by atoms with van der Waals surface area (Å²) >= 11 is 0. The SMILES string of the molecule is NC(=O)COC(=O)NCCCCc1ccncc1. The number of aryl methyl sites for hydroxylation is 1. The second-order valence-electron chi connectivity index (χ2n) is 3.78. The first-order valence-corrected chi connectivity index (χ1v) is 5.76. The minimum atomic E-state index is -0.664. The van der Waals surface area contributed by atoms with Crippen LogP contribution in [0.15, 0.2) is 24.5 Å². The largest absolute Gasteiger partial charge is 0.439 e. The second kappa shape index (κ2) is 8.05. The molecule has 6 heteroatoms. The Morgan fingerprint density at radius 2 is 2.00 bits per heavy atom. The van der Waals surface area contributed by atoms with Gasteiger partial charge in [0.1, 0.15) is 0 Å². The molecule has 0 spiro atoms. The van der Waals surface area contributed by atoms with Gasteiger partial charge in [0.05, 0.1) is 0 Å². The highest BCUT2D eigenvalue weighted by atomic mass is 16.6. The summed E-state index contributed by atoms with van der Waals surface area (Å²) in [4.78, 5) is 25.3. The molecule has 0 bridgehead atoms. The highest BCUT2D eigenvalue weighted by molar-refractivity contribution is 5.78. The lowest BCUT2D eigenvalue weighted by molar-refractivity contribution is -0.120. The minimum Gasteiger partial charge on any atom is -0.439 e. The molecule has 0 aliphatic heterocycles. The van der Waals surface area contributed by atoms with Gasteiger partial charge in [-0.1, -0.05) is 0 Å². The molecule has 1 aromatic heterocycles. The maximum Gasteiger partial charge on any atom is 0.407 e. The van der Waals surface area contributed by atoms with E-state index in [2.05, 4.69) is 15.0 Å². The fourth-order valence-electron chi connectivity index (χ4n) is 1.38. The number of hydrogen-bond acceptors (Lipinski definition) is 4. The number of primary amides is 1. The van der Waals surface area contributed by atoms with Crippen molar-refractivity contribution in [3.63, 3.8) is 0 Å². The van der Waals surface area contributed by atoms with E-state index in [0.717, 1.165) is 19.3 Å². The molecule has 18 heavy (non-hydrogen) atoms. The van der Waals surface area contributed by atoms with E-state index < -0.39 is 12.0 Å². The molecule has 1 heterocycles. The van der Waals surface area contributed by atoms with Crippen molar-refractivity contribution in [2.75, 3.05) is 13.2 Å². The van der Waals surface area contributed by atoms with Crippen molar-refractivity contribution in [2.24, 2.45) is 5.73 Å².